The van der Waals surface area contributed by atoms with Gasteiger partial charge in [0.2, 0.25) is 0 Å². The predicted octanol–water partition coefficient (Wildman–Crippen LogP) is 1.28. The minimum Gasteiger partial charge on any atom is -0.497 e. The van der Waals surface area contributed by atoms with Crippen LogP contribution < -0.4 is 15.8 Å². The van der Waals surface area contributed by atoms with Gasteiger partial charge in [-0.3, -0.25) is 0 Å². The van der Waals surface area contributed by atoms with Crippen molar-refractivity contribution in [1.82, 2.24) is 15.1 Å². The number of hydrogen-bond acceptors (Lipinski definition) is 6. The van der Waals surface area contributed by atoms with Crippen molar-refractivity contribution in [3.8, 4) is 5.75 Å². The van der Waals surface area contributed by atoms with E-state index in [1.54, 1.807) is 7.11 Å². The van der Waals surface area contributed by atoms with Crippen molar-refractivity contribution in [3.05, 3.63) is 29.8 Å². The van der Waals surface area contributed by atoms with Gasteiger partial charge in [0.1, 0.15) is 5.75 Å². The number of nitrogens with two attached hydrogens (primary N) is 1. The number of piperazine rings is 1. The standard InChI is InChI=1S/C19H32N4O3/c1-25-18-6-4-17(5-7-18)16-21-8-2-9-22-11-13-23(14-12-22)10-3-15-26-19(20)24/h4-7,21H,2-3,8-16H2,1H3,(H2,20,24). The van der Waals surface area contributed by atoms with Crippen LogP contribution in [0.5, 0.6) is 5.75 Å². The molecule has 1 fully saturated rings. The van der Waals surface area contributed by atoms with Crippen molar-refractivity contribution in [2.24, 2.45) is 5.73 Å². The van der Waals surface area contributed by atoms with E-state index in [0.29, 0.717) is 6.61 Å². The van der Waals surface area contributed by atoms with E-state index >= 15 is 0 Å². The average Bonchev–Trinajstić information content (AvgIpc) is 2.66. The van der Waals surface area contributed by atoms with Crippen molar-refractivity contribution in [2.75, 3.05) is 59.5 Å². The first kappa shape index (κ1) is 20.5. The van der Waals surface area contributed by atoms with Crippen LogP contribution in [0, 0.1) is 0 Å². The zero-order valence-electron chi connectivity index (χ0n) is 15.8. The smallest absolute Gasteiger partial charge is 0.404 e. The van der Waals surface area contributed by atoms with Gasteiger partial charge in [0.25, 0.3) is 0 Å². The maximum atomic E-state index is 10.5. The number of primary amides is 1. The molecule has 0 unspecified atom stereocenters. The van der Waals surface area contributed by atoms with Crippen molar-refractivity contribution < 1.29 is 14.3 Å². The number of methoxy groups -OCH3 is 1. The first-order valence-corrected chi connectivity index (χ1v) is 9.38. The number of amides is 1. The summed E-state index contributed by atoms with van der Waals surface area (Å²) in [6.07, 6.45) is 1.32. The van der Waals surface area contributed by atoms with Crippen molar-refractivity contribution in [2.45, 2.75) is 19.4 Å². The van der Waals surface area contributed by atoms with Crippen LogP contribution in [0.25, 0.3) is 0 Å². The summed E-state index contributed by atoms with van der Waals surface area (Å²) in [4.78, 5) is 15.5. The summed E-state index contributed by atoms with van der Waals surface area (Å²) in [5.74, 6) is 0.897. The van der Waals surface area contributed by atoms with Crippen molar-refractivity contribution in [1.29, 1.82) is 0 Å². The van der Waals surface area contributed by atoms with Crippen LogP contribution >= 0.6 is 0 Å². The molecular weight excluding hydrogens is 332 g/mol. The number of nitrogens with one attached hydrogen (secondary N) is 1. The lowest BCUT2D eigenvalue weighted by molar-refractivity contribution is 0.116. The van der Waals surface area contributed by atoms with Crippen LogP contribution in [0.2, 0.25) is 0 Å². The molecule has 0 spiro atoms. The molecule has 7 heteroatoms. The number of rotatable bonds is 11. The van der Waals surface area contributed by atoms with Gasteiger partial charge in [-0.1, -0.05) is 12.1 Å². The van der Waals surface area contributed by atoms with E-state index in [1.807, 2.05) is 12.1 Å². The summed E-state index contributed by atoms with van der Waals surface area (Å²) in [5.41, 5.74) is 6.23. The van der Waals surface area contributed by atoms with Crippen LogP contribution in [0.1, 0.15) is 18.4 Å². The minimum absolute atomic E-state index is 0.412. The van der Waals surface area contributed by atoms with Gasteiger partial charge in [-0.05, 0) is 43.6 Å². The summed E-state index contributed by atoms with van der Waals surface area (Å²) in [6, 6.07) is 8.19. The molecule has 1 amide bonds. The molecule has 1 aliphatic rings. The molecule has 1 saturated heterocycles. The third kappa shape index (κ3) is 8.03. The van der Waals surface area contributed by atoms with Gasteiger partial charge in [0, 0.05) is 39.3 Å². The third-order valence-corrected chi connectivity index (χ3v) is 4.64. The molecule has 1 aliphatic heterocycles. The Bertz CT molecular complexity index is 516. The van der Waals surface area contributed by atoms with E-state index in [1.165, 1.54) is 5.56 Å². The van der Waals surface area contributed by atoms with E-state index < -0.39 is 6.09 Å². The zero-order valence-corrected chi connectivity index (χ0v) is 15.8. The molecular formula is C19H32N4O3. The first-order chi connectivity index (χ1) is 12.7. The highest BCUT2D eigenvalue weighted by Crippen LogP contribution is 2.11. The molecule has 0 aliphatic carbocycles. The first-order valence-electron chi connectivity index (χ1n) is 9.38. The molecule has 146 valence electrons. The summed E-state index contributed by atoms with van der Waals surface area (Å²) in [7, 11) is 1.69. The van der Waals surface area contributed by atoms with Crippen LogP contribution in [-0.4, -0.2) is 75.4 Å². The second-order valence-electron chi connectivity index (χ2n) is 6.58. The second kappa shape index (κ2) is 11.7. The molecule has 1 aromatic carbocycles. The minimum atomic E-state index is -0.685. The van der Waals surface area contributed by atoms with E-state index in [9.17, 15) is 4.79 Å². The highest BCUT2D eigenvalue weighted by molar-refractivity contribution is 5.64. The number of carbonyl (C=O) groups is 1. The number of hydrogen-bond donors (Lipinski definition) is 2. The number of ether oxygens (including phenoxy) is 2. The Labute approximate surface area is 156 Å². The molecule has 0 bridgehead atoms. The molecule has 0 atom stereocenters. The molecule has 0 radical (unpaired) electrons. The fourth-order valence-electron chi connectivity index (χ4n) is 3.10. The van der Waals surface area contributed by atoms with Crippen molar-refractivity contribution >= 4 is 6.09 Å². The van der Waals surface area contributed by atoms with E-state index in [0.717, 1.165) is 70.9 Å². The predicted molar refractivity (Wildman–Crippen MR) is 102 cm³/mol. The van der Waals surface area contributed by atoms with Crippen LogP contribution in [0.4, 0.5) is 4.79 Å². The molecule has 2 rings (SSSR count). The fourth-order valence-corrected chi connectivity index (χ4v) is 3.10. The maximum absolute atomic E-state index is 10.5. The van der Waals surface area contributed by atoms with Crippen LogP contribution in [-0.2, 0) is 11.3 Å². The number of benzene rings is 1. The van der Waals surface area contributed by atoms with E-state index in [-0.39, 0.29) is 0 Å². The monoisotopic (exact) mass is 364 g/mol. The number of nitrogens with zero attached hydrogens (tertiary/aromatic N) is 2. The van der Waals surface area contributed by atoms with Gasteiger partial charge in [0.15, 0.2) is 0 Å². The largest absolute Gasteiger partial charge is 0.497 e. The summed E-state index contributed by atoms with van der Waals surface area (Å²) in [5, 5.41) is 3.50. The SMILES string of the molecule is COc1ccc(CNCCCN2CCN(CCCOC(N)=O)CC2)cc1. The normalized spacial score (nSPS) is 15.7. The Morgan fingerprint density at radius 2 is 1.69 bits per heavy atom. The van der Waals surface area contributed by atoms with E-state index in [2.05, 4.69) is 27.2 Å². The lowest BCUT2D eigenvalue weighted by atomic mass is 10.2. The zero-order chi connectivity index (χ0) is 18.6. The maximum Gasteiger partial charge on any atom is 0.404 e. The van der Waals surface area contributed by atoms with Gasteiger partial charge >= 0.3 is 6.09 Å². The molecule has 1 aromatic rings. The summed E-state index contributed by atoms with van der Waals surface area (Å²) >= 11 is 0. The van der Waals surface area contributed by atoms with Gasteiger partial charge < -0.3 is 30.3 Å². The lowest BCUT2D eigenvalue weighted by Crippen LogP contribution is -2.47. The average molecular weight is 364 g/mol. The van der Waals surface area contributed by atoms with Gasteiger partial charge in [0.05, 0.1) is 13.7 Å². The Hall–Kier alpha value is -1.83. The number of carbonyl (C=O) groups excluding carboxylic acids is 1. The van der Waals surface area contributed by atoms with Gasteiger partial charge in [-0.15, -0.1) is 0 Å². The Kier molecular flexibility index (Phi) is 9.23. The fraction of sp³-hybridized carbons (Fsp3) is 0.632. The molecule has 0 saturated carbocycles. The Balaban J connectivity index is 1.47. The Morgan fingerprint density at radius 3 is 2.27 bits per heavy atom. The highest BCUT2D eigenvalue weighted by Gasteiger charge is 2.15. The second-order valence-corrected chi connectivity index (χ2v) is 6.58. The highest BCUT2D eigenvalue weighted by atomic mass is 16.5. The Morgan fingerprint density at radius 1 is 1.08 bits per heavy atom. The quantitative estimate of drug-likeness (QED) is 0.576. The summed E-state index contributed by atoms with van der Waals surface area (Å²) in [6.45, 7) is 8.80. The van der Waals surface area contributed by atoms with Crippen LogP contribution in [0.15, 0.2) is 24.3 Å². The van der Waals surface area contributed by atoms with Crippen molar-refractivity contribution in [3.63, 3.8) is 0 Å². The third-order valence-electron chi connectivity index (χ3n) is 4.64. The van der Waals surface area contributed by atoms with E-state index in [4.69, 9.17) is 15.2 Å². The molecule has 3 N–H and O–H groups in total. The molecule has 26 heavy (non-hydrogen) atoms. The van der Waals surface area contributed by atoms with Gasteiger partial charge in [-0.25, -0.2) is 4.79 Å². The molecule has 0 aromatic heterocycles. The summed E-state index contributed by atoms with van der Waals surface area (Å²) < 4.78 is 9.93. The lowest BCUT2D eigenvalue weighted by Gasteiger charge is -2.34. The molecule has 7 nitrogen and oxygen atoms in total. The van der Waals surface area contributed by atoms with Crippen LogP contribution in [0.3, 0.4) is 0 Å². The van der Waals surface area contributed by atoms with Gasteiger partial charge in [-0.2, -0.15) is 0 Å². The molecule has 1 heterocycles. The topological polar surface area (TPSA) is 80.1 Å².